The smallest absolute Gasteiger partial charge is 0.358 e. The Morgan fingerprint density at radius 1 is 1.19 bits per heavy atom. The van der Waals surface area contributed by atoms with Crippen LogP contribution in [0.15, 0.2) is 30.6 Å². The highest BCUT2D eigenvalue weighted by atomic mass is 19.4. The number of fused-ring (bicyclic) bond motifs is 2. The van der Waals surface area contributed by atoms with Gasteiger partial charge in [0.25, 0.3) is 0 Å². The minimum Gasteiger partial charge on any atom is -0.358 e. The van der Waals surface area contributed by atoms with Crippen LogP contribution < -0.4 is 0 Å². The number of aromatic nitrogens is 6. The fourth-order valence-electron chi connectivity index (χ4n) is 3.79. The van der Waals surface area contributed by atoms with Crippen LogP contribution in [0.1, 0.15) is 18.3 Å². The molecule has 0 radical (unpaired) electrons. The van der Waals surface area contributed by atoms with Crippen molar-refractivity contribution in [2.45, 2.75) is 38.8 Å². The Balaban J connectivity index is 1.78. The van der Waals surface area contributed by atoms with Gasteiger partial charge in [-0.3, -0.25) is 14.8 Å². The van der Waals surface area contributed by atoms with Gasteiger partial charge in [-0.25, -0.2) is 9.37 Å². The second-order valence-electron chi connectivity index (χ2n) is 7.61. The third-order valence-electron chi connectivity index (χ3n) is 5.51. The van der Waals surface area contributed by atoms with E-state index >= 15 is 0 Å². The van der Waals surface area contributed by atoms with Gasteiger partial charge < -0.3 is 4.74 Å². The summed E-state index contributed by atoms with van der Waals surface area (Å²) < 4.78 is 60.8. The molecule has 1 aliphatic heterocycles. The number of H-pyrrole nitrogens is 1. The molecule has 1 atom stereocenters. The van der Waals surface area contributed by atoms with Gasteiger partial charge in [0.2, 0.25) is 0 Å². The van der Waals surface area contributed by atoms with E-state index in [9.17, 15) is 17.6 Å². The highest BCUT2D eigenvalue weighted by Gasteiger charge is 2.55. The number of halogens is 4. The van der Waals surface area contributed by atoms with E-state index in [0.29, 0.717) is 39.2 Å². The van der Waals surface area contributed by atoms with E-state index in [2.05, 4.69) is 25.3 Å². The van der Waals surface area contributed by atoms with Gasteiger partial charge in [-0.15, -0.1) is 0 Å². The summed E-state index contributed by atoms with van der Waals surface area (Å²) in [5, 5.41) is 12.2. The Kier molecular flexibility index (Phi) is 4.16. The van der Waals surface area contributed by atoms with Crippen molar-refractivity contribution in [3.8, 4) is 22.5 Å². The van der Waals surface area contributed by atoms with Crippen LogP contribution >= 0.6 is 0 Å². The predicted molar refractivity (Wildman–Crippen MR) is 102 cm³/mol. The van der Waals surface area contributed by atoms with Crippen molar-refractivity contribution in [3.63, 3.8) is 0 Å². The Labute approximate surface area is 173 Å². The molecule has 5 heterocycles. The maximum absolute atomic E-state index is 13.6. The average Bonchev–Trinajstić information content (AvgIpc) is 3.28. The number of hydrogen-bond acceptors (Lipinski definition) is 5. The van der Waals surface area contributed by atoms with Gasteiger partial charge in [-0.2, -0.15) is 23.4 Å². The number of aryl methyl sites for hydroxylation is 1. The summed E-state index contributed by atoms with van der Waals surface area (Å²) in [6, 6.07) is 4.41. The Bertz CT molecular complexity index is 1290. The first kappa shape index (κ1) is 19.6. The quantitative estimate of drug-likeness (QED) is 0.481. The van der Waals surface area contributed by atoms with Crippen molar-refractivity contribution >= 4 is 11.0 Å². The van der Waals surface area contributed by atoms with Crippen LogP contribution in [-0.4, -0.2) is 41.7 Å². The molecular weight excluding hydrogens is 416 g/mol. The lowest BCUT2D eigenvalue weighted by Gasteiger charge is -2.36. The predicted octanol–water partition coefficient (Wildman–Crippen LogP) is 4.18. The van der Waals surface area contributed by atoms with E-state index in [1.165, 1.54) is 16.8 Å². The van der Waals surface area contributed by atoms with Crippen LogP contribution in [0.2, 0.25) is 0 Å². The maximum Gasteiger partial charge on any atom is 0.419 e. The van der Waals surface area contributed by atoms with Crippen molar-refractivity contribution in [1.29, 1.82) is 0 Å². The van der Waals surface area contributed by atoms with Crippen LogP contribution in [0.4, 0.5) is 17.6 Å². The first-order valence-electron chi connectivity index (χ1n) is 9.40. The molecule has 0 fully saturated rings. The van der Waals surface area contributed by atoms with Crippen LogP contribution in [0.5, 0.6) is 0 Å². The third-order valence-corrected chi connectivity index (χ3v) is 5.51. The third kappa shape index (κ3) is 2.99. The van der Waals surface area contributed by atoms with Gasteiger partial charge in [0.15, 0.2) is 11.2 Å². The minimum absolute atomic E-state index is 0.305. The molecule has 4 aromatic rings. The van der Waals surface area contributed by atoms with Gasteiger partial charge in [0, 0.05) is 28.4 Å². The molecular formula is C20H16F4N6O. The first-order valence-corrected chi connectivity index (χ1v) is 9.40. The molecule has 11 heteroatoms. The molecule has 1 aliphatic rings. The molecule has 0 saturated carbocycles. The average molecular weight is 432 g/mol. The molecule has 160 valence electrons. The zero-order valence-electron chi connectivity index (χ0n) is 16.5. The van der Waals surface area contributed by atoms with E-state index in [1.54, 1.807) is 12.3 Å². The van der Waals surface area contributed by atoms with Gasteiger partial charge in [-0.05, 0) is 32.0 Å². The number of alkyl halides is 3. The summed E-state index contributed by atoms with van der Waals surface area (Å²) in [6.07, 6.45) is -1.97. The van der Waals surface area contributed by atoms with Gasteiger partial charge >= 0.3 is 6.18 Å². The molecule has 0 unspecified atom stereocenters. The molecule has 31 heavy (non-hydrogen) atoms. The van der Waals surface area contributed by atoms with Crippen molar-refractivity contribution in [2.24, 2.45) is 0 Å². The molecule has 0 aromatic carbocycles. The Morgan fingerprint density at radius 2 is 2.00 bits per heavy atom. The van der Waals surface area contributed by atoms with Crippen LogP contribution in [0.3, 0.4) is 0 Å². The number of nitrogens with zero attached hydrogens (tertiary/aromatic N) is 5. The van der Waals surface area contributed by atoms with Gasteiger partial charge in [0.05, 0.1) is 30.7 Å². The lowest BCUT2D eigenvalue weighted by Crippen LogP contribution is -2.51. The van der Waals surface area contributed by atoms with E-state index in [4.69, 9.17) is 4.74 Å². The molecule has 4 aromatic heterocycles. The van der Waals surface area contributed by atoms with Crippen LogP contribution in [-0.2, 0) is 17.9 Å². The normalized spacial score (nSPS) is 19.0. The number of nitrogens with one attached hydrogen (secondary N) is 1. The highest BCUT2D eigenvalue weighted by molar-refractivity contribution is 5.98. The van der Waals surface area contributed by atoms with Crippen molar-refractivity contribution in [2.75, 3.05) is 0 Å². The number of pyridine rings is 2. The zero-order valence-corrected chi connectivity index (χ0v) is 16.5. The van der Waals surface area contributed by atoms with E-state index in [1.807, 2.05) is 6.92 Å². The molecule has 0 aliphatic carbocycles. The van der Waals surface area contributed by atoms with Crippen molar-refractivity contribution < 1.29 is 22.3 Å². The van der Waals surface area contributed by atoms with E-state index < -0.39 is 24.1 Å². The fraction of sp³-hybridized carbons (Fsp3) is 0.300. The fourth-order valence-corrected chi connectivity index (χ4v) is 3.79. The largest absolute Gasteiger partial charge is 0.419 e. The zero-order chi connectivity index (χ0) is 22.0. The summed E-state index contributed by atoms with van der Waals surface area (Å²) in [5.41, 5.74) is 1.19. The first-order chi connectivity index (χ1) is 14.7. The Morgan fingerprint density at radius 3 is 2.71 bits per heavy atom. The standard InChI is InChI=1S/C20H16F4N6O/c1-10-15-12(5-6-25-18(15)28-27-10)16-14-8-31-19(2,20(22,23)24)9-30(14)29-17(16)13-4-3-11(21)7-26-13/h3-7H,8-9H2,1-2H3,(H,25,27,28)/t19-/m1/s1. The second-order valence-corrected chi connectivity index (χ2v) is 7.61. The molecule has 5 rings (SSSR count). The highest BCUT2D eigenvalue weighted by Crippen LogP contribution is 2.44. The van der Waals surface area contributed by atoms with Crippen LogP contribution in [0, 0.1) is 12.7 Å². The van der Waals surface area contributed by atoms with Gasteiger partial charge in [-0.1, -0.05) is 0 Å². The van der Waals surface area contributed by atoms with Crippen LogP contribution in [0.25, 0.3) is 33.5 Å². The Hall–Kier alpha value is -3.34. The van der Waals surface area contributed by atoms with Crippen molar-refractivity contribution in [3.05, 3.63) is 47.8 Å². The molecule has 1 N–H and O–H groups in total. The summed E-state index contributed by atoms with van der Waals surface area (Å²) in [4.78, 5) is 8.34. The molecule has 0 saturated heterocycles. The lowest BCUT2D eigenvalue weighted by atomic mass is 9.97. The maximum atomic E-state index is 13.6. The van der Waals surface area contributed by atoms with E-state index in [-0.39, 0.29) is 6.61 Å². The minimum atomic E-state index is -4.57. The SMILES string of the molecule is Cc1[nH]nc2nccc(-c3c(-c4ccc(F)cn4)nn4c3CO[C@@](C)(C(F)(F)F)C4)c12. The van der Waals surface area contributed by atoms with Gasteiger partial charge in [0.1, 0.15) is 11.5 Å². The number of ether oxygens (including phenoxy) is 1. The number of rotatable bonds is 2. The second kappa shape index (κ2) is 6.58. The molecule has 0 amide bonds. The van der Waals surface area contributed by atoms with E-state index in [0.717, 1.165) is 18.8 Å². The summed E-state index contributed by atoms with van der Waals surface area (Å²) in [7, 11) is 0. The molecule has 0 bridgehead atoms. The topological polar surface area (TPSA) is 81.5 Å². The summed E-state index contributed by atoms with van der Waals surface area (Å²) >= 11 is 0. The summed E-state index contributed by atoms with van der Waals surface area (Å²) in [6.45, 7) is 2.00. The monoisotopic (exact) mass is 432 g/mol. The van der Waals surface area contributed by atoms with Crippen molar-refractivity contribution in [1.82, 2.24) is 29.9 Å². The number of aromatic amines is 1. The number of hydrogen-bond donors (Lipinski definition) is 1. The molecule has 0 spiro atoms. The summed E-state index contributed by atoms with van der Waals surface area (Å²) in [5.74, 6) is -0.528. The lowest BCUT2D eigenvalue weighted by molar-refractivity contribution is -0.287. The molecule has 7 nitrogen and oxygen atoms in total.